The average Bonchev–Trinajstić information content (AvgIpc) is 2.60. The molecule has 0 radical (unpaired) electrons. The molecule has 0 atom stereocenters. The molecule has 1 aromatic carbocycles. The highest BCUT2D eigenvalue weighted by Crippen LogP contribution is 2.27. The van der Waals surface area contributed by atoms with Crippen molar-refractivity contribution in [1.29, 1.82) is 0 Å². The minimum atomic E-state index is -0.298. The first kappa shape index (κ1) is 16.3. The number of nitrogens with one attached hydrogen (secondary N) is 1. The Hall–Kier alpha value is -3.09. The number of anilines is 1. The highest BCUT2D eigenvalue weighted by atomic mass is 16.5. The molecule has 0 aliphatic carbocycles. The van der Waals surface area contributed by atoms with Crippen LogP contribution in [-0.4, -0.2) is 37.2 Å². The highest BCUT2D eigenvalue weighted by molar-refractivity contribution is 6.01. The Morgan fingerprint density at radius 1 is 1.04 bits per heavy atom. The number of aromatic nitrogens is 2. The standard InChI is InChI=1S/C16H17N3O4/c1-21-13-6-4-11(8-14(13)22-2)5-7-15(20)19-12-9-17-16(23-3)18-10-12/h4-10H,1-3H3,(H,19,20). The fourth-order valence-corrected chi connectivity index (χ4v) is 1.80. The van der Waals surface area contributed by atoms with Crippen LogP contribution in [0.3, 0.4) is 0 Å². The van der Waals surface area contributed by atoms with Crippen molar-refractivity contribution < 1.29 is 19.0 Å². The highest BCUT2D eigenvalue weighted by Gasteiger charge is 2.04. The maximum Gasteiger partial charge on any atom is 0.316 e. The van der Waals surface area contributed by atoms with Gasteiger partial charge in [-0.2, -0.15) is 0 Å². The first-order chi connectivity index (χ1) is 11.2. The first-order valence-corrected chi connectivity index (χ1v) is 6.73. The number of rotatable bonds is 6. The Labute approximate surface area is 133 Å². The van der Waals surface area contributed by atoms with Gasteiger partial charge in [-0.05, 0) is 23.8 Å². The van der Waals surface area contributed by atoms with Crippen LogP contribution in [0.1, 0.15) is 5.56 Å². The molecule has 0 fully saturated rings. The summed E-state index contributed by atoms with van der Waals surface area (Å²) in [4.78, 5) is 19.7. The largest absolute Gasteiger partial charge is 0.493 e. The van der Waals surface area contributed by atoms with Crippen LogP contribution in [0, 0.1) is 0 Å². The van der Waals surface area contributed by atoms with Gasteiger partial charge in [0.2, 0.25) is 5.91 Å². The number of ether oxygens (including phenoxy) is 3. The Balaban J connectivity index is 2.02. The fourth-order valence-electron chi connectivity index (χ4n) is 1.80. The fraction of sp³-hybridized carbons (Fsp3) is 0.188. The van der Waals surface area contributed by atoms with E-state index in [1.54, 1.807) is 32.4 Å². The van der Waals surface area contributed by atoms with E-state index in [9.17, 15) is 4.79 Å². The second kappa shape index (κ2) is 7.79. The summed E-state index contributed by atoms with van der Waals surface area (Å²) in [7, 11) is 4.60. The molecule has 0 spiro atoms. The van der Waals surface area contributed by atoms with Gasteiger partial charge in [0.05, 0.1) is 39.4 Å². The van der Waals surface area contributed by atoms with Gasteiger partial charge in [0.1, 0.15) is 0 Å². The van der Waals surface area contributed by atoms with Gasteiger partial charge in [0, 0.05) is 6.08 Å². The Morgan fingerprint density at radius 2 is 1.74 bits per heavy atom. The molecule has 120 valence electrons. The molecular formula is C16H17N3O4. The Kier molecular flexibility index (Phi) is 5.51. The number of hydrogen-bond donors (Lipinski definition) is 1. The normalized spacial score (nSPS) is 10.4. The van der Waals surface area contributed by atoms with Gasteiger partial charge in [0.25, 0.3) is 0 Å². The molecule has 7 heteroatoms. The Morgan fingerprint density at radius 3 is 2.35 bits per heavy atom. The number of benzene rings is 1. The monoisotopic (exact) mass is 315 g/mol. The van der Waals surface area contributed by atoms with Gasteiger partial charge < -0.3 is 19.5 Å². The molecule has 1 amide bonds. The molecule has 0 bridgehead atoms. The minimum Gasteiger partial charge on any atom is -0.493 e. The lowest BCUT2D eigenvalue weighted by atomic mass is 10.2. The number of hydrogen-bond acceptors (Lipinski definition) is 6. The summed E-state index contributed by atoms with van der Waals surface area (Å²) in [6.07, 6.45) is 6.01. The van der Waals surface area contributed by atoms with E-state index >= 15 is 0 Å². The molecule has 23 heavy (non-hydrogen) atoms. The van der Waals surface area contributed by atoms with Crippen LogP contribution in [0.15, 0.2) is 36.7 Å². The van der Waals surface area contributed by atoms with E-state index in [1.165, 1.54) is 25.6 Å². The zero-order chi connectivity index (χ0) is 16.7. The van der Waals surface area contributed by atoms with Crippen molar-refractivity contribution in [3.05, 3.63) is 42.2 Å². The molecule has 1 aromatic heterocycles. The van der Waals surface area contributed by atoms with Crippen LogP contribution in [0.25, 0.3) is 6.08 Å². The number of carbonyl (C=O) groups is 1. The van der Waals surface area contributed by atoms with Crippen molar-refractivity contribution in [3.63, 3.8) is 0 Å². The molecule has 0 aliphatic heterocycles. The van der Waals surface area contributed by atoms with Crippen molar-refractivity contribution in [2.45, 2.75) is 0 Å². The van der Waals surface area contributed by atoms with Crippen molar-refractivity contribution in [3.8, 4) is 17.5 Å². The van der Waals surface area contributed by atoms with Crippen LogP contribution >= 0.6 is 0 Å². The maximum absolute atomic E-state index is 11.9. The van der Waals surface area contributed by atoms with Crippen LogP contribution in [-0.2, 0) is 4.79 Å². The van der Waals surface area contributed by atoms with Crippen molar-refractivity contribution in [2.75, 3.05) is 26.6 Å². The second-order valence-electron chi connectivity index (χ2n) is 4.40. The molecule has 0 unspecified atom stereocenters. The molecule has 0 saturated carbocycles. The smallest absolute Gasteiger partial charge is 0.316 e. The van der Waals surface area contributed by atoms with Crippen LogP contribution in [0.2, 0.25) is 0 Å². The zero-order valence-electron chi connectivity index (χ0n) is 13.1. The van der Waals surface area contributed by atoms with E-state index in [2.05, 4.69) is 15.3 Å². The van der Waals surface area contributed by atoms with E-state index in [0.29, 0.717) is 17.2 Å². The molecule has 1 heterocycles. The van der Waals surface area contributed by atoms with E-state index in [4.69, 9.17) is 14.2 Å². The van der Waals surface area contributed by atoms with Gasteiger partial charge in [-0.15, -0.1) is 0 Å². The number of carbonyl (C=O) groups excluding carboxylic acids is 1. The van der Waals surface area contributed by atoms with Gasteiger partial charge in [-0.25, -0.2) is 9.97 Å². The second-order valence-corrected chi connectivity index (χ2v) is 4.40. The van der Waals surface area contributed by atoms with Crippen molar-refractivity contribution >= 4 is 17.7 Å². The summed E-state index contributed by atoms with van der Waals surface area (Å²) in [5.41, 5.74) is 1.29. The van der Waals surface area contributed by atoms with Crippen LogP contribution in [0.4, 0.5) is 5.69 Å². The van der Waals surface area contributed by atoms with Crippen molar-refractivity contribution in [2.24, 2.45) is 0 Å². The third-order valence-corrected chi connectivity index (χ3v) is 2.91. The summed E-state index contributed by atoms with van der Waals surface area (Å²) in [6.45, 7) is 0. The Bertz CT molecular complexity index is 699. The molecule has 1 N–H and O–H groups in total. The van der Waals surface area contributed by atoms with E-state index in [1.807, 2.05) is 6.07 Å². The summed E-state index contributed by atoms with van der Waals surface area (Å²) >= 11 is 0. The van der Waals surface area contributed by atoms with Gasteiger partial charge in [-0.1, -0.05) is 6.07 Å². The molecule has 2 rings (SSSR count). The quantitative estimate of drug-likeness (QED) is 0.823. The summed E-state index contributed by atoms with van der Waals surface area (Å²) < 4.78 is 15.2. The van der Waals surface area contributed by atoms with E-state index in [0.717, 1.165) is 5.56 Å². The van der Waals surface area contributed by atoms with Gasteiger partial charge >= 0.3 is 6.01 Å². The van der Waals surface area contributed by atoms with Gasteiger partial charge in [0.15, 0.2) is 11.5 Å². The predicted molar refractivity (Wildman–Crippen MR) is 85.8 cm³/mol. The molecule has 7 nitrogen and oxygen atoms in total. The number of amides is 1. The summed E-state index contributed by atoms with van der Waals surface area (Å²) in [6, 6.07) is 5.61. The zero-order valence-corrected chi connectivity index (χ0v) is 13.1. The van der Waals surface area contributed by atoms with Crippen LogP contribution in [0.5, 0.6) is 17.5 Å². The molecule has 0 aliphatic rings. The lowest BCUT2D eigenvalue weighted by molar-refractivity contribution is -0.111. The topological polar surface area (TPSA) is 82.6 Å². The third-order valence-electron chi connectivity index (χ3n) is 2.91. The average molecular weight is 315 g/mol. The minimum absolute atomic E-state index is 0.240. The van der Waals surface area contributed by atoms with Crippen molar-refractivity contribution in [1.82, 2.24) is 9.97 Å². The first-order valence-electron chi connectivity index (χ1n) is 6.73. The molecule has 0 saturated heterocycles. The predicted octanol–water partition coefficient (Wildman–Crippen LogP) is 2.15. The lowest BCUT2D eigenvalue weighted by Gasteiger charge is -2.07. The summed E-state index contributed by atoms with van der Waals surface area (Å²) in [5, 5.41) is 2.65. The van der Waals surface area contributed by atoms with E-state index < -0.39 is 0 Å². The molecular weight excluding hydrogens is 298 g/mol. The number of nitrogens with zero attached hydrogens (tertiary/aromatic N) is 2. The SMILES string of the molecule is COc1ncc(NC(=O)C=Cc2ccc(OC)c(OC)c2)cn1. The third kappa shape index (κ3) is 4.44. The maximum atomic E-state index is 11.9. The lowest BCUT2D eigenvalue weighted by Crippen LogP contribution is -2.08. The van der Waals surface area contributed by atoms with Gasteiger partial charge in [-0.3, -0.25) is 4.79 Å². The number of methoxy groups -OCH3 is 3. The summed E-state index contributed by atoms with van der Waals surface area (Å²) in [5.74, 6) is 0.927. The molecule has 2 aromatic rings. The van der Waals surface area contributed by atoms with Crippen LogP contribution < -0.4 is 19.5 Å². The van der Waals surface area contributed by atoms with E-state index in [-0.39, 0.29) is 11.9 Å².